The molecule has 4 aromatic rings. The number of aryl methyl sites for hydroxylation is 1. The molecule has 1 amide bonds. The van der Waals surface area contributed by atoms with Gasteiger partial charge in [0.2, 0.25) is 5.95 Å². The van der Waals surface area contributed by atoms with E-state index < -0.39 is 29.3 Å². The van der Waals surface area contributed by atoms with Crippen LogP contribution in [0.4, 0.5) is 10.3 Å². The molecule has 1 unspecified atom stereocenters. The molecule has 0 saturated carbocycles. The van der Waals surface area contributed by atoms with Crippen molar-refractivity contribution >= 4 is 34.4 Å². The summed E-state index contributed by atoms with van der Waals surface area (Å²) in [6, 6.07) is 13.0. The van der Waals surface area contributed by atoms with Gasteiger partial charge >= 0.3 is 5.91 Å². The molecule has 3 heterocycles. The van der Waals surface area contributed by atoms with E-state index in [1.54, 1.807) is 24.3 Å². The van der Waals surface area contributed by atoms with Gasteiger partial charge in [0.05, 0.1) is 35.0 Å². The molecule has 170 valence electrons. The number of aromatic nitrogens is 3. The molecule has 9 heteroatoms. The summed E-state index contributed by atoms with van der Waals surface area (Å²) in [5.41, 5.74) is 2.31. The Kier molecular flexibility index (Phi) is 5.09. The Balaban J connectivity index is 1.75. The van der Waals surface area contributed by atoms with Crippen molar-refractivity contribution in [1.29, 1.82) is 0 Å². The van der Waals surface area contributed by atoms with Crippen molar-refractivity contribution in [2.24, 2.45) is 0 Å². The summed E-state index contributed by atoms with van der Waals surface area (Å²) in [7, 11) is 1.36. The molecule has 1 fully saturated rings. The summed E-state index contributed by atoms with van der Waals surface area (Å²) in [6.45, 7) is 1.92. The number of carbonyl (C=O) groups excluding carboxylic acids is 2. The first-order valence-electron chi connectivity index (χ1n) is 10.4. The first-order chi connectivity index (χ1) is 16.4. The normalized spacial score (nSPS) is 17.5. The van der Waals surface area contributed by atoms with Gasteiger partial charge in [-0.1, -0.05) is 12.1 Å². The number of carbonyl (C=O) groups is 2. The quantitative estimate of drug-likeness (QED) is 0.271. The van der Waals surface area contributed by atoms with Crippen LogP contribution in [0.3, 0.4) is 0 Å². The first-order valence-corrected chi connectivity index (χ1v) is 10.4. The number of amides is 1. The minimum absolute atomic E-state index is 0.0540. The van der Waals surface area contributed by atoms with Gasteiger partial charge in [-0.3, -0.25) is 19.5 Å². The Morgan fingerprint density at radius 3 is 2.71 bits per heavy atom. The lowest BCUT2D eigenvalue weighted by molar-refractivity contribution is -0.132. The fourth-order valence-electron chi connectivity index (χ4n) is 4.10. The van der Waals surface area contributed by atoms with E-state index in [0.717, 1.165) is 16.5 Å². The van der Waals surface area contributed by atoms with Crippen molar-refractivity contribution in [3.63, 3.8) is 0 Å². The average molecular weight is 458 g/mol. The zero-order valence-electron chi connectivity index (χ0n) is 18.2. The molecule has 5 rings (SSSR count). The molecule has 1 atom stereocenters. The number of aromatic amines is 1. The van der Waals surface area contributed by atoms with Crippen molar-refractivity contribution in [2.75, 3.05) is 12.0 Å². The summed E-state index contributed by atoms with van der Waals surface area (Å²) in [6.07, 6.45) is 1.51. The maximum atomic E-state index is 14.0. The van der Waals surface area contributed by atoms with E-state index in [-0.39, 0.29) is 22.8 Å². The highest BCUT2D eigenvalue weighted by Gasteiger charge is 2.49. The van der Waals surface area contributed by atoms with Gasteiger partial charge in [-0.05, 0) is 55.0 Å². The Morgan fingerprint density at radius 1 is 1.15 bits per heavy atom. The lowest BCUT2D eigenvalue weighted by Crippen LogP contribution is -2.30. The van der Waals surface area contributed by atoms with Crippen molar-refractivity contribution in [2.45, 2.75) is 13.0 Å². The highest BCUT2D eigenvalue weighted by Crippen LogP contribution is 2.42. The van der Waals surface area contributed by atoms with Gasteiger partial charge in [0, 0.05) is 6.20 Å². The second-order valence-electron chi connectivity index (χ2n) is 7.85. The third-order valence-electron chi connectivity index (χ3n) is 5.68. The van der Waals surface area contributed by atoms with E-state index in [2.05, 4.69) is 15.0 Å². The summed E-state index contributed by atoms with van der Waals surface area (Å²) in [5.74, 6) is -2.79. The Bertz CT molecular complexity index is 1480. The smallest absolute Gasteiger partial charge is 0.302 e. The van der Waals surface area contributed by atoms with Crippen LogP contribution in [0.5, 0.6) is 5.75 Å². The number of nitrogens with zero attached hydrogens (tertiary/aromatic N) is 3. The number of hydrogen-bond donors (Lipinski definition) is 2. The lowest BCUT2D eigenvalue weighted by Gasteiger charge is -2.22. The zero-order chi connectivity index (χ0) is 24.0. The Labute approximate surface area is 193 Å². The highest BCUT2D eigenvalue weighted by atomic mass is 19.1. The monoisotopic (exact) mass is 458 g/mol. The number of halogens is 1. The van der Waals surface area contributed by atoms with Crippen LogP contribution >= 0.6 is 0 Å². The molecule has 1 aliphatic heterocycles. The fourth-order valence-corrected chi connectivity index (χ4v) is 4.10. The number of ketones is 1. The lowest BCUT2D eigenvalue weighted by atomic mass is 9.98. The number of nitrogens with one attached hydrogen (secondary N) is 1. The second-order valence-corrected chi connectivity index (χ2v) is 7.85. The number of imidazole rings is 1. The number of fused-ring (bicyclic) bond motifs is 1. The summed E-state index contributed by atoms with van der Waals surface area (Å²) in [5, 5.41) is 11.2. The maximum Gasteiger partial charge on any atom is 0.302 e. The molecule has 2 aromatic carbocycles. The van der Waals surface area contributed by atoms with Crippen LogP contribution in [0, 0.1) is 12.7 Å². The van der Waals surface area contributed by atoms with E-state index in [1.807, 2.05) is 19.1 Å². The van der Waals surface area contributed by atoms with E-state index in [4.69, 9.17) is 4.74 Å². The number of anilines is 1. The summed E-state index contributed by atoms with van der Waals surface area (Å²) >= 11 is 0. The molecule has 0 bridgehead atoms. The van der Waals surface area contributed by atoms with Crippen LogP contribution in [0.15, 0.2) is 66.4 Å². The van der Waals surface area contributed by atoms with Gasteiger partial charge in [-0.25, -0.2) is 9.37 Å². The molecule has 0 spiro atoms. The van der Waals surface area contributed by atoms with Crippen molar-refractivity contribution in [3.8, 4) is 5.75 Å². The van der Waals surface area contributed by atoms with Crippen molar-refractivity contribution in [1.82, 2.24) is 15.0 Å². The zero-order valence-corrected chi connectivity index (χ0v) is 18.2. The van der Waals surface area contributed by atoms with Gasteiger partial charge in [-0.15, -0.1) is 0 Å². The summed E-state index contributed by atoms with van der Waals surface area (Å²) in [4.78, 5) is 39.5. The van der Waals surface area contributed by atoms with Crippen LogP contribution in [0.2, 0.25) is 0 Å². The van der Waals surface area contributed by atoms with Gasteiger partial charge < -0.3 is 14.8 Å². The summed E-state index contributed by atoms with van der Waals surface area (Å²) < 4.78 is 19.3. The number of H-pyrrole nitrogens is 1. The second kappa shape index (κ2) is 8.11. The van der Waals surface area contributed by atoms with Gasteiger partial charge in [-0.2, -0.15) is 0 Å². The van der Waals surface area contributed by atoms with Gasteiger partial charge in [0.1, 0.15) is 23.4 Å². The van der Waals surface area contributed by atoms with E-state index in [1.165, 1.54) is 25.4 Å². The molecular weight excluding hydrogens is 439 g/mol. The molecular formula is C25H19FN4O4. The maximum absolute atomic E-state index is 14.0. The molecule has 1 aliphatic rings. The number of pyridine rings is 1. The minimum Gasteiger partial charge on any atom is -0.507 e. The number of ether oxygens (including phenoxy) is 1. The van der Waals surface area contributed by atoms with E-state index in [9.17, 15) is 19.1 Å². The predicted molar refractivity (Wildman–Crippen MR) is 123 cm³/mol. The number of aliphatic hydroxyl groups is 1. The molecule has 0 radical (unpaired) electrons. The largest absolute Gasteiger partial charge is 0.507 e. The molecule has 1 saturated heterocycles. The van der Waals surface area contributed by atoms with E-state index >= 15 is 0 Å². The molecule has 8 nitrogen and oxygen atoms in total. The standard InChI is InChI=1S/C25H19FN4O4/c1-13-6-8-16-18(11-13)29-25(28-16)30-21(17-5-3-4-10-27-17)20(23(32)24(30)33)22(31)15-12-14(26)7-9-19(15)34-2/h3-12,21,31H,1-2H3,(H,28,29)/b22-20+. The Morgan fingerprint density at radius 2 is 1.97 bits per heavy atom. The minimum atomic E-state index is -1.10. The number of rotatable bonds is 4. The molecule has 2 aromatic heterocycles. The number of aliphatic hydroxyl groups excluding tert-OH is 1. The first kappa shape index (κ1) is 21.3. The van der Waals surface area contributed by atoms with Crippen LogP contribution in [-0.2, 0) is 9.59 Å². The van der Waals surface area contributed by atoms with Crippen LogP contribution < -0.4 is 9.64 Å². The average Bonchev–Trinajstić information content (AvgIpc) is 3.37. The number of Topliss-reactive ketones (excluding diaryl/α,β-unsaturated/α-hetero) is 1. The van der Waals surface area contributed by atoms with Crippen LogP contribution in [0.1, 0.15) is 22.9 Å². The van der Waals surface area contributed by atoms with Crippen molar-refractivity contribution in [3.05, 3.63) is 89.0 Å². The molecule has 34 heavy (non-hydrogen) atoms. The van der Waals surface area contributed by atoms with Crippen LogP contribution in [0.25, 0.3) is 16.8 Å². The van der Waals surface area contributed by atoms with Crippen LogP contribution in [-0.4, -0.2) is 38.9 Å². The van der Waals surface area contributed by atoms with Crippen molar-refractivity contribution < 1.29 is 23.8 Å². The molecule has 2 N–H and O–H groups in total. The third kappa shape index (κ3) is 3.38. The number of methoxy groups -OCH3 is 1. The number of hydrogen-bond acceptors (Lipinski definition) is 6. The topological polar surface area (TPSA) is 108 Å². The number of benzene rings is 2. The van der Waals surface area contributed by atoms with Gasteiger partial charge in [0.25, 0.3) is 5.78 Å². The Hall–Kier alpha value is -4.53. The third-order valence-corrected chi connectivity index (χ3v) is 5.68. The SMILES string of the molecule is COc1ccc(F)cc1/C(O)=C1\C(=O)C(=O)N(c2nc3ccc(C)cc3[nH]2)C1c1ccccn1. The highest BCUT2D eigenvalue weighted by molar-refractivity contribution is 6.51. The fraction of sp³-hybridized carbons (Fsp3) is 0.120. The predicted octanol–water partition coefficient (Wildman–Crippen LogP) is 4.04. The molecule has 0 aliphatic carbocycles. The van der Waals surface area contributed by atoms with Gasteiger partial charge in [0.15, 0.2) is 0 Å². The van der Waals surface area contributed by atoms with E-state index in [0.29, 0.717) is 16.7 Å².